The van der Waals surface area contributed by atoms with Gasteiger partial charge in [-0.15, -0.1) is 0 Å². The third kappa shape index (κ3) is 8.25. The van der Waals surface area contributed by atoms with E-state index in [9.17, 15) is 4.79 Å². The first kappa shape index (κ1) is 16.5. The predicted octanol–water partition coefficient (Wildman–Crippen LogP) is 3.24. The van der Waals surface area contributed by atoms with Crippen LogP contribution in [0.2, 0.25) is 0 Å². The largest absolute Gasteiger partial charge is 0.352 e. The summed E-state index contributed by atoms with van der Waals surface area (Å²) < 4.78 is 0. The highest BCUT2D eigenvalue weighted by molar-refractivity contribution is 5.78. The number of hydrogen-bond acceptors (Lipinski definition) is 2. The molecule has 1 rings (SSSR count). The Balaban J connectivity index is 2.04. The molecule has 3 nitrogen and oxygen atoms in total. The van der Waals surface area contributed by atoms with E-state index in [1.54, 1.807) is 0 Å². The maximum Gasteiger partial charge on any atom is 0.234 e. The molecule has 1 saturated carbocycles. The van der Waals surface area contributed by atoms with Crippen molar-refractivity contribution in [3.05, 3.63) is 0 Å². The second-order valence-corrected chi connectivity index (χ2v) is 6.51. The Morgan fingerprint density at radius 1 is 1.11 bits per heavy atom. The van der Waals surface area contributed by atoms with Crippen molar-refractivity contribution in [2.75, 3.05) is 6.54 Å². The minimum absolute atomic E-state index is 0.169. The van der Waals surface area contributed by atoms with E-state index in [4.69, 9.17) is 0 Å². The summed E-state index contributed by atoms with van der Waals surface area (Å²) in [7, 11) is 0. The molecule has 0 bridgehead atoms. The fourth-order valence-electron chi connectivity index (χ4n) is 2.73. The molecule has 112 valence electrons. The summed E-state index contributed by atoms with van der Waals surface area (Å²) in [6, 6.07) is 0.871. The van der Waals surface area contributed by atoms with Gasteiger partial charge in [-0.2, -0.15) is 0 Å². The molecule has 0 aliphatic heterocycles. The van der Waals surface area contributed by atoms with Crippen LogP contribution in [0.4, 0.5) is 0 Å². The Morgan fingerprint density at radius 2 is 1.79 bits per heavy atom. The summed E-state index contributed by atoms with van der Waals surface area (Å²) in [5, 5.41) is 6.48. The van der Waals surface area contributed by atoms with Crippen LogP contribution in [0.5, 0.6) is 0 Å². The normalized spacial score (nSPS) is 18.5. The molecule has 0 aromatic heterocycles. The van der Waals surface area contributed by atoms with E-state index in [1.165, 1.54) is 32.1 Å². The van der Waals surface area contributed by atoms with Crippen molar-refractivity contribution in [2.45, 2.75) is 84.2 Å². The minimum Gasteiger partial charge on any atom is -0.352 e. The average molecular weight is 268 g/mol. The minimum atomic E-state index is 0.169. The van der Waals surface area contributed by atoms with Crippen LogP contribution >= 0.6 is 0 Å². The fraction of sp³-hybridized carbons (Fsp3) is 0.938. The van der Waals surface area contributed by atoms with E-state index in [0.717, 1.165) is 25.2 Å². The molecule has 19 heavy (non-hydrogen) atoms. The van der Waals surface area contributed by atoms with Crippen molar-refractivity contribution in [1.29, 1.82) is 0 Å². The van der Waals surface area contributed by atoms with E-state index >= 15 is 0 Å². The maximum atomic E-state index is 11.8. The molecule has 2 N–H and O–H groups in total. The third-order valence-electron chi connectivity index (χ3n) is 4.00. The summed E-state index contributed by atoms with van der Waals surface area (Å²) in [4.78, 5) is 11.8. The molecule has 0 aromatic carbocycles. The van der Waals surface area contributed by atoms with E-state index < -0.39 is 0 Å². The number of amides is 1. The topological polar surface area (TPSA) is 41.1 Å². The number of carbonyl (C=O) groups excluding carboxylic acids is 1. The molecule has 0 heterocycles. The van der Waals surface area contributed by atoms with E-state index in [0.29, 0.717) is 18.6 Å². The van der Waals surface area contributed by atoms with Crippen LogP contribution in [0.15, 0.2) is 0 Å². The molecule has 1 fully saturated rings. The van der Waals surface area contributed by atoms with Crippen molar-refractivity contribution in [3.63, 3.8) is 0 Å². The molecule has 1 amide bonds. The Hall–Kier alpha value is -0.570. The van der Waals surface area contributed by atoms with Crippen LogP contribution in [0, 0.1) is 5.92 Å². The highest BCUT2D eigenvalue weighted by Gasteiger charge is 2.15. The Morgan fingerprint density at radius 3 is 2.42 bits per heavy atom. The Kier molecular flexibility index (Phi) is 8.11. The monoisotopic (exact) mass is 268 g/mol. The van der Waals surface area contributed by atoms with Gasteiger partial charge < -0.3 is 10.6 Å². The molecule has 0 spiro atoms. The maximum absolute atomic E-state index is 11.8. The van der Waals surface area contributed by atoms with Gasteiger partial charge in [-0.3, -0.25) is 4.79 Å². The summed E-state index contributed by atoms with van der Waals surface area (Å²) in [5.74, 6) is 0.949. The molecule has 0 aromatic rings. The van der Waals surface area contributed by atoms with Gasteiger partial charge in [0.1, 0.15) is 0 Å². The first-order chi connectivity index (χ1) is 9.08. The lowest BCUT2D eigenvalue weighted by molar-refractivity contribution is -0.121. The number of hydrogen-bond donors (Lipinski definition) is 2. The number of nitrogens with one attached hydrogen (secondary N) is 2. The molecule has 1 atom stereocenters. The van der Waals surface area contributed by atoms with Gasteiger partial charge in [-0.1, -0.05) is 46.0 Å². The van der Waals surface area contributed by atoms with Crippen LogP contribution in [-0.4, -0.2) is 24.5 Å². The first-order valence-electron chi connectivity index (χ1n) is 8.10. The molecular weight excluding hydrogens is 236 g/mol. The smallest absolute Gasteiger partial charge is 0.234 e. The quantitative estimate of drug-likeness (QED) is 0.709. The highest BCUT2D eigenvalue weighted by atomic mass is 16.1. The second-order valence-electron chi connectivity index (χ2n) is 6.51. The Labute approximate surface area is 118 Å². The van der Waals surface area contributed by atoms with Gasteiger partial charge in [0.25, 0.3) is 0 Å². The van der Waals surface area contributed by atoms with Gasteiger partial charge in [-0.05, 0) is 32.1 Å². The summed E-state index contributed by atoms with van der Waals surface area (Å²) >= 11 is 0. The molecular formula is C16H32N2O. The summed E-state index contributed by atoms with van der Waals surface area (Å²) in [6.07, 6.45) is 9.88. The first-order valence-corrected chi connectivity index (χ1v) is 8.10. The molecule has 0 radical (unpaired) electrons. The van der Waals surface area contributed by atoms with Gasteiger partial charge in [-0.25, -0.2) is 0 Å². The molecule has 0 saturated heterocycles. The van der Waals surface area contributed by atoms with Crippen LogP contribution in [0.25, 0.3) is 0 Å². The van der Waals surface area contributed by atoms with Gasteiger partial charge in [0, 0.05) is 12.1 Å². The Bertz CT molecular complexity index is 247. The van der Waals surface area contributed by atoms with Gasteiger partial charge in [0.2, 0.25) is 5.91 Å². The van der Waals surface area contributed by atoms with Crippen molar-refractivity contribution < 1.29 is 4.79 Å². The van der Waals surface area contributed by atoms with Crippen LogP contribution in [0.1, 0.15) is 72.1 Å². The van der Waals surface area contributed by atoms with Crippen molar-refractivity contribution in [1.82, 2.24) is 10.6 Å². The van der Waals surface area contributed by atoms with Gasteiger partial charge in [0.05, 0.1) is 6.54 Å². The summed E-state index contributed by atoms with van der Waals surface area (Å²) in [5.41, 5.74) is 0. The fourth-order valence-corrected chi connectivity index (χ4v) is 2.73. The van der Waals surface area contributed by atoms with Gasteiger partial charge in [0.15, 0.2) is 0 Å². The molecule has 1 aliphatic carbocycles. The highest BCUT2D eigenvalue weighted by Crippen LogP contribution is 2.17. The molecule has 1 unspecified atom stereocenters. The summed E-state index contributed by atoms with van der Waals surface area (Å²) in [6.45, 7) is 7.17. The van der Waals surface area contributed by atoms with Crippen molar-refractivity contribution >= 4 is 5.91 Å². The number of carbonyl (C=O) groups is 1. The van der Waals surface area contributed by atoms with E-state index in [2.05, 4.69) is 31.4 Å². The SMILES string of the molecule is CC(C)CCCC(C)NCC(=O)NC1CCCCC1. The van der Waals surface area contributed by atoms with Crippen LogP contribution in [0.3, 0.4) is 0 Å². The molecule has 1 aliphatic rings. The molecule has 3 heteroatoms. The number of rotatable bonds is 8. The van der Waals surface area contributed by atoms with Crippen molar-refractivity contribution in [3.8, 4) is 0 Å². The van der Waals surface area contributed by atoms with E-state index in [1.807, 2.05) is 0 Å². The van der Waals surface area contributed by atoms with E-state index in [-0.39, 0.29) is 5.91 Å². The predicted molar refractivity (Wildman–Crippen MR) is 81.2 cm³/mol. The lowest BCUT2D eigenvalue weighted by Gasteiger charge is -2.23. The average Bonchev–Trinajstić information content (AvgIpc) is 2.37. The van der Waals surface area contributed by atoms with Gasteiger partial charge >= 0.3 is 0 Å². The zero-order valence-electron chi connectivity index (χ0n) is 13.0. The standard InChI is InChI=1S/C16H32N2O/c1-13(2)8-7-9-14(3)17-12-16(19)18-15-10-5-4-6-11-15/h13-15,17H,4-12H2,1-3H3,(H,18,19). The van der Waals surface area contributed by atoms with Crippen LogP contribution < -0.4 is 10.6 Å². The lowest BCUT2D eigenvalue weighted by Crippen LogP contribution is -2.43. The zero-order chi connectivity index (χ0) is 14.1. The lowest BCUT2D eigenvalue weighted by atomic mass is 9.95. The van der Waals surface area contributed by atoms with Crippen molar-refractivity contribution in [2.24, 2.45) is 5.92 Å². The third-order valence-corrected chi connectivity index (χ3v) is 4.00. The second kappa shape index (κ2) is 9.35. The van der Waals surface area contributed by atoms with Crippen LogP contribution in [-0.2, 0) is 4.79 Å². The zero-order valence-corrected chi connectivity index (χ0v) is 13.0.